The third-order valence-corrected chi connectivity index (χ3v) is 2.73. The molecule has 1 aromatic carbocycles. The van der Waals surface area contributed by atoms with Crippen LogP contribution in [0, 0.1) is 0 Å². The van der Waals surface area contributed by atoms with E-state index in [2.05, 4.69) is 9.97 Å². The Kier molecular flexibility index (Phi) is 3.20. The van der Waals surface area contributed by atoms with Crippen molar-refractivity contribution in [1.82, 2.24) is 14.9 Å². The van der Waals surface area contributed by atoms with Crippen molar-refractivity contribution in [3.8, 4) is 0 Å². The molecule has 6 nitrogen and oxygen atoms in total. The fourth-order valence-corrected chi connectivity index (χ4v) is 1.85. The third-order valence-electron chi connectivity index (χ3n) is 2.73. The molecule has 0 aliphatic heterocycles. The molecule has 1 unspecified atom stereocenters. The van der Waals surface area contributed by atoms with Crippen molar-refractivity contribution in [3.05, 3.63) is 34.2 Å². The SMILES string of the molecule is CC(O)C(=O)N(C)Cc1ccc2[nH]c(=O)[nH]c2c1. The smallest absolute Gasteiger partial charge is 0.323 e. The zero-order chi connectivity index (χ0) is 13.3. The zero-order valence-corrected chi connectivity index (χ0v) is 10.2. The lowest BCUT2D eigenvalue weighted by Gasteiger charge is -2.18. The van der Waals surface area contributed by atoms with Crippen LogP contribution in [-0.4, -0.2) is 39.0 Å². The minimum absolute atomic E-state index is 0.254. The average Bonchev–Trinajstić information content (AvgIpc) is 2.67. The predicted molar refractivity (Wildman–Crippen MR) is 67.1 cm³/mol. The first-order valence-electron chi connectivity index (χ1n) is 5.61. The molecule has 0 aliphatic carbocycles. The van der Waals surface area contributed by atoms with Gasteiger partial charge in [0.2, 0.25) is 0 Å². The molecule has 2 aromatic rings. The van der Waals surface area contributed by atoms with Crippen LogP contribution in [0.25, 0.3) is 11.0 Å². The largest absolute Gasteiger partial charge is 0.384 e. The second-order valence-corrected chi connectivity index (χ2v) is 4.33. The van der Waals surface area contributed by atoms with Gasteiger partial charge < -0.3 is 20.0 Å². The van der Waals surface area contributed by atoms with E-state index in [4.69, 9.17) is 0 Å². The molecule has 0 bridgehead atoms. The molecule has 6 heteroatoms. The summed E-state index contributed by atoms with van der Waals surface area (Å²) < 4.78 is 0. The van der Waals surface area contributed by atoms with Crippen molar-refractivity contribution in [2.24, 2.45) is 0 Å². The number of aliphatic hydroxyl groups is 1. The second-order valence-electron chi connectivity index (χ2n) is 4.33. The summed E-state index contributed by atoms with van der Waals surface area (Å²) >= 11 is 0. The first-order valence-corrected chi connectivity index (χ1v) is 5.61. The first kappa shape index (κ1) is 12.4. The summed E-state index contributed by atoms with van der Waals surface area (Å²) in [6.45, 7) is 1.82. The summed E-state index contributed by atoms with van der Waals surface area (Å²) in [4.78, 5) is 29.4. The van der Waals surface area contributed by atoms with Gasteiger partial charge in [0.1, 0.15) is 6.10 Å². The molecule has 1 heterocycles. The summed E-state index contributed by atoms with van der Waals surface area (Å²) in [5, 5.41) is 9.20. The number of imidazole rings is 1. The van der Waals surface area contributed by atoms with Gasteiger partial charge in [-0.25, -0.2) is 4.79 Å². The first-order chi connectivity index (χ1) is 8.47. The van der Waals surface area contributed by atoms with Crippen molar-refractivity contribution in [2.45, 2.75) is 19.6 Å². The summed E-state index contributed by atoms with van der Waals surface area (Å²) in [7, 11) is 1.62. The maximum atomic E-state index is 11.5. The number of hydrogen-bond donors (Lipinski definition) is 3. The molecule has 0 aliphatic rings. The van der Waals surface area contributed by atoms with Gasteiger partial charge in [-0.05, 0) is 24.6 Å². The number of carbonyl (C=O) groups is 1. The molecule has 0 fully saturated rings. The van der Waals surface area contributed by atoms with E-state index >= 15 is 0 Å². The van der Waals surface area contributed by atoms with Crippen molar-refractivity contribution < 1.29 is 9.90 Å². The highest BCUT2D eigenvalue weighted by Crippen LogP contribution is 2.12. The van der Waals surface area contributed by atoms with Crippen LogP contribution in [0.5, 0.6) is 0 Å². The molecule has 0 radical (unpaired) electrons. The van der Waals surface area contributed by atoms with Crippen molar-refractivity contribution in [3.63, 3.8) is 0 Å². The lowest BCUT2D eigenvalue weighted by Crippen LogP contribution is -2.34. The Bertz CT molecular complexity index is 627. The van der Waals surface area contributed by atoms with Crippen molar-refractivity contribution >= 4 is 16.9 Å². The van der Waals surface area contributed by atoms with Crippen LogP contribution in [0.4, 0.5) is 0 Å². The van der Waals surface area contributed by atoms with Gasteiger partial charge >= 0.3 is 5.69 Å². The molecule has 0 spiro atoms. The highest BCUT2D eigenvalue weighted by atomic mass is 16.3. The fraction of sp³-hybridized carbons (Fsp3) is 0.333. The van der Waals surface area contributed by atoms with Gasteiger partial charge in [-0.3, -0.25) is 4.79 Å². The second kappa shape index (κ2) is 4.66. The lowest BCUT2D eigenvalue weighted by molar-refractivity contribution is -0.138. The number of H-pyrrole nitrogens is 2. The number of rotatable bonds is 3. The molecule has 1 amide bonds. The van der Waals surface area contributed by atoms with Gasteiger partial charge in [0.15, 0.2) is 0 Å². The Morgan fingerprint density at radius 3 is 2.72 bits per heavy atom. The number of aromatic amines is 2. The maximum Gasteiger partial charge on any atom is 0.323 e. The summed E-state index contributed by atoms with van der Waals surface area (Å²) in [6, 6.07) is 5.42. The normalized spacial score (nSPS) is 12.6. The van der Waals surface area contributed by atoms with E-state index in [1.54, 1.807) is 19.2 Å². The van der Waals surface area contributed by atoms with E-state index in [1.165, 1.54) is 11.8 Å². The number of hydrogen-bond acceptors (Lipinski definition) is 3. The fourth-order valence-electron chi connectivity index (χ4n) is 1.85. The van der Waals surface area contributed by atoms with Crippen molar-refractivity contribution in [1.29, 1.82) is 0 Å². The van der Waals surface area contributed by atoms with E-state index in [0.29, 0.717) is 12.1 Å². The van der Waals surface area contributed by atoms with E-state index in [-0.39, 0.29) is 11.6 Å². The third kappa shape index (κ3) is 2.43. The van der Waals surface area contributed by atoms with Gasteiger partial charge in [0, 0.05) is 13.6 Å². The van der Waals surface area contributed by atoms with Gasteiger partial charge in [-0.15, -0.1) is 0 Å². The Morgan fingerprint density at radius 1 is 1.39 bits per heavy atom. The summed E-state index contributed by atoms with van der Waals surface area (Å²) in [6.07, 6.45) is -1.01. The van der Waals surface area contributed by atoms with Gasteiger partial charge in [-0.1, -0.05) is 6.07 Å². The van der Waals surface area contributed by atoms with Crippen LogP contribution >= 0.6 is 0 Å². The Labute approximate surface area is 103 Å². The number of amides is 1. The number of likely N-dealkylation sites (N-methyl/N-ethyl adjacent to an activating group) is 1. The maximum absolute atomic E-state index is 11.5. The number of nitrogens with one attached hydrogen (secondary N) is 2. The minimum Gasteiger partial charge on any atom is -0.384 e. The van der Waals surface area contributed by atoms with Crippen LogP contribution in [0.3, 0.4) is 0 Å². The lowest BCUT2D eigenvalue weighted by atomic mass is 10.2. The quantitative estimate of drug-likeness (QED) is 0.725. The molecular formula is C12H15N3O3. The molecule has 3 N–H and O–H groups in total. The monoisotopic (exact) mass is 249 g/mol. The molecule has 18 heavy (non-hydrogen) atoms. The Balaban J connectivity index is 2.21. The molecular weight excluding hydrogens is 234 g/mol. The Hall–Kier alpha value is -2.08. The van der Waals surface area contributed by atoms with E-state index < -0.39 is 6.10 Å². The van der Waals surface area contributed by atoms with E-state index in [9.17, 15) is 14.7 Å². The number of aromatic nitrogens is 2. The average molecular weight is 249 g/mol. The summed E-state index contributed by atoms with van der Waals surface area (Å²) in [5.41, 5.74) is 2.06. The number of carbonyl (C=O) groups excluding carboxylic acids is 1. The van der Waals surface area contributed by atoms with Gasteiger partial charge in [0.05, 0.1) is 11.0 Å². The molecule has 2 rings (SSSR count). The van der Waals surface area contributed by atoms with Gasteiger partial charge in [0.25, 0.3) is 5.91 Å². The van der Waals surface area contributed by atoms with Crippen LogP contribution < -0.4 is 5.69 Å². The van der Waals surface area contributed by atoms with Crippen LogP contribution in [0.1, 0.15) is 12.5 Å². The number of aliphatic hydroxyl groups excluding tert-OH is 1. The molecule has 96 valence electrons. The van der Waals surface area contributed by atoms with E-state index in [1.807, 2.05) is 6.07 Å². The highest BCUT2D eigenvalue weighted by Gasteiger charge is 2.14. The Morgan fingerprint density at radius 2 is 2.06 bits per heavy atom. The topological polar surface area (TPSA) is 89.2 Å². The number of fused-ring (bicyclic) bond motifs is 1. The number of nitrogens with zero attached hydrogens (tertiary/aromatic N) is 1. The zero-order valence-electron chi connectivity index (χ0n) is 10.2. The van der Waals surface area contributed by atoms with E-state index in [0.717, 1.165) is 11.1 Å². The molecule has 1 atom stereocenters. The molecule has 0 saturated heterocycles. The predicted octanol–water partition coefficient (Wildman–Crippen LogP) is 0.195. The molecule has 0 saturated carbocycles. The minimum atomic E-state index is -1.01. The van der Waals surface area contributed by atoms with Crippen LogP contribution in [0.15, 0.2) is 23.0 Å². The van der Waals surface area contributed by atoms with Crippen LogP contribution in [0.2, 0.25) is 0 Å². The highest BCUT2D eigenvalue weighted by molar-refractivity contribution is 5.80. The van der Waals surface area contributed by atoms with Crippen molar-refractivity contribution in [2.75, 3.05) is 7.05 Å². The summed E-state index contributed by atoms with van der Waals surface area (Å²) in [5.74, 6) is -0.336. The molecule has 1 aromatic heterocycles. The van der Waals surface area contributed by atoms with Gasteiger partial charge in [-0.2, -0.15) is 0 Å². The standard InChI is InChI=1S/C12H15N3O3/c1-7(16)11(17)15(2)6-8-3-4-9-10(5-8)14-12(18)13-9/h3-5,7,16H,6H2,1-2H3,(H2,13,14,18). The van der Waals surface area contributed by atoms with Crippen LogP contribution in [-0.2, 0) is 11.3 Å². The number of benzene rings is 1.